The molecule has 1 aromatic heterocycles. The van der Waals surface area contributed by atoms with Gasteiger partial charge in [-0.15, -0.1) is 11.3 Å². The van der Waals surface area contributed by atoms with Crippen LogP contribution in [-0.2, 0) is 11.3 Å². The van der Waals surface area contributed by atoms with Crippen molar-refractivity contribution in [2.24, 2.45) is 0 Å². The van der Waals surface area contributed by atoms with E-state index in [4.69, 9.17) is 0 Å². The van der Waals surface area contributed by atoms with E-state index in [2.05, 4.69) is 44.1 Å². The quantitative estimate of drug-likeness (QED) is 0.749. The Kier molecular flexibility index (Phi) is 6.71. The van der Waals surface area contributed by atoms with Crippen molar-refractivity contribution in [3.05, 3.63) is 20.8 Å². The molecule has 1 aliphatic carbocycles. The molecule has 0 N–H and O–H groups in total. The average molecular weight is 373 g/mol. The predicted molar refractivity (Wildman–Crippen MR) is 92.6 cm³/mol. The van der Waals surface area contributed by atoms with Gasteiger partial charge in [-0.05, 0) is 48.8 Å². The standard InChI is InChI=1S/C16H25BrN2OS/c1-3-19(14-7-5-4-6-8-14)16(20)11-18(2)10-15-9-13(17)12-21-15/h9,12,14H,3-8,10-11H2,1-2H3. The van der Waals surface area contributed by atoms with Crippen LogP contribution in [0.4, 0.5) is 0 Å². The number of carbonyl (C=O) groups is 1. The molecule has 0 unspecified atom stereocenters. The zero-order valence-corrected chi connectivity index (χ0v) is 15.4. The molecule has 0 bridgehead atoms. The maximum absolute atomic E-state index is 12.6. The molecule has 1 aliphatic rings. The van der Waals surface area contributed by atoms with Crippen LogP contribution in [0, 0.1) is 0 Å². The third kappa shape index (κ3) is 5.08. The zero-order chi connectivity index (χ0) is 15.2. The Morgan fingerprint density at radius 2 is 2.10 bits per heavy atom. The summed E-state index contributed by atoms with van der Waals surface area (Å²) in [6.07, 6.45) is 6.23. The lowest BCUT2D eigenvalue weighted by atomic mass is 9.94. The number of nitrogens with zero attached hydrogens (tertiary/aromatic N) is 2. The Balaban J connectivity index is 1.85. The van der Waals surface area contributed by atoms with Crippen LogP contribution in [0.5, 0.6) is 0 Å². The highest BCUT2D eigenvalue weighted by atomic mass is 79.9. The number of rotatable bonds is 6. The van der Waals surface area contributed by atoms with Gasteiger partial charge in [0.1, 0.15) is 0 Å². The first-order valence-corrected chi connectivity index (χ1v) is 9.48. The Morgan fingerprint density at radius 1 is 1.38 bits per heavy atom. The summed E-state index contributed by atoms with van der Waals surface area (Å²) in [5.74, 6) is 0.280. The minimum Gasteiger partial charge on any atom is -0.339 e. The molecule has 0 atom stereocenters. The van der Waals surface area contributed by atoms with Crippen molar-refractivity contribution in [2.75, 3.05) is 20.1 Å². The first-order valence-electron chi connectivity index (χ1n) is 7.81. The first-order chi connectivity index (χ1) is 10.1. The molecule has 0 radical (unpaired) electrons. The highest BCUT2D eigenvalue weighted by Gasteiger charge is 2.24. The summed E-state index contributed by atoms with van der Waals surface area (Å²) >= 11 is 5.21. The van der Waals surface area contributed by atoms with E-state index in [1.165, 1.54) is 37.0 Å². The Bertz CT molecular complexity index is 457. The molecule has 0 spiro atoms. The molecule has 1 fully saturated rings. The fourth-order valence-corrected chi connectivity index (χ4v) is 4.64. The van der Waals surface area contributed by atoms with Gasteiger partial charge in [-0.3, -0.25) is 9.69 Å². The lowest BCUT2D eigenvalue weighted by Crippen LogP contribution is -2.45. The van der Waals surface area contributed by atoms with Crippen LogP contribution in [0.2, 0.25) is 0 Å². The smallest absolute Gasteiger partial charge is 0.236 e. The number of hydrogen-bond acceptors (Lipinski definition) is 3. The third-order valence-electron chi connectivity index (χ3n) is 4.13. The van der Waals surface area contributed by atoms with Gasteiger partial charge in [-0.1, -0.05) is 19.3 Å². The fraction of sp³-hybridized carbons (Fsp3) is 0.688. The molecule has 0 aliphatic heterocycles. The number of amides is 1. The van der Waals surface area contributed by atoms with E-state index >= 15 is 0 Å². The summed E-state index contributed by atoms with van der Waals surface area (Å²) in [7, 11) is 2.03. The van der Waals surface area contributed by atoms with Crippen molar-refractivity contribution in [3.8, 4) is 0 Å². The molecule has 5 heteroatoms. The first kappa shape index (κ1) is 17.0. The number of thiophene rings is 1. The van der Waals surface area contributed by atoms with Crippen LogP contribution in [0.1, 0.15) is 43.9 Å². The molecule has 2 rings (SSSR count). The van der Waals surface area contributed by atoms with Crippen molar-refractivity contribution < 1.29 is 4.79 Å². The van der Waals surface area contributed by atoms with Crippen molar-refractivity contribution in [3.63, 3.8) is 0 Å². The average Bonchev–Trinajstić information content (AvgIpc) is 2.85. The molecule has 1 heterocycles. The Morgan fingerprint density at radius 3 is 2.67 bits per heavy atom. The molecule has 1 saturated carbocycles. The summed E-state index contributed by atoms with van der Waals surface area (Å²) in [5.41, 5.74) is 0. The molecule has 0 saturated heterocycles. The van der Waals surface area contributed by atoms with E-state index in [-0.39, 0.29) is 5.91 Å². The van der Waals surface area contributed by atoms with Gasteiger partial charge >= 0.3 is 0 Å². The molecule has 1 amide bonds. The number of likely N-dealkylation sites (N-methyl/N-ethyl adjacent to an activating group) is 2. The molecular weight excluding hydrogens is 348 g/mol. The summed E-state index contributed by atoms with van der Waals surface area (Å²) in [5, 5.41) is 2.09. The topological polar surface area (TPSA) is 23.6 Å². The minimum absolute atomic E-state index is 0.280. The van der Waals surface area contributed by atoms with Gasteiger partial charge < -0.3 is 4.90 Å². The van der Waals surface area contributed by atoms with E-state index in [9.17, 15) is 4.79 Å². The van der Waals surface area contributed by atoms with Crippen LogP contribution < -0.4 is 0 Å². The van der Waals surface area contributed by atoms with Crippen molar-refractivity contribution in [1.82, 2.24) is 9.80 Å². The maximum Gasteiger partial charge on any atom is 0.236 e. The Labute approximate surface area is 140 Å². The summed E-state index contributed by atoms with van der Waals surface area (Å²) in [6, 6.07) is 2.60. The molecule has 21 heavy (non-hydrogen) atoms. The second-order valence-corrected chi connectivity index (χ2v) is 7.79. The lowest BCUT2D eigenvalue weighted by molar-refractivity contribution is -0.135. The van der Waals surface area contributed by atoms with Crippen LogP contribution in [0.25, 0.3) is 0 Å². The second-order valence-electron chi connectivity index (χ2n) is 5.88. The van der Waals surface area contributed by atoms with Gasteiger partial charge in [0.2, 0.25) is 5.91 Å². The normalized spacial score (nSPS) is 16.4. The van der Waals surface area contributed by atoms with Crippen LogP contribution in [-0.4, -0.2) is 41.9 Å². The summed E-state index contributed by atoms with van der Waals surface area (Å²) in [6.45, 7) is 4.29. The molecule has 3 nitrogen and oxygen atoms in total. The van der Waals surface area contributed by atoms with E-state index in [1.54, 1.807) is 11.3 Å². The molecule has 1 aromatic rings. The largest absolute Gasteiger partial charge is 0.339 e. The monoisotopic (exact) mass is 372 g/mol. The predicted octanol–water partition coefficient (Wildman–Crippen LogP) is 4.12. The molecule has 0 aromatic carbocycles. The lowest BCUT2D eigenvalue weighted by Gasteiger charge is -2.34. The number of carbonyl (C=O) groups excluding carboxylic acids is 1. The zero-order valence-electron chi connectivity index (χ0n) is 13.0. The van der Waals surface area contributed by atoms with E-state index < -0.39 is 0 Å². The van der Waals surface area contributed by atoms with Gasteiger partial charge in [0.15, 0.2) is 0 Å². The third-order valence-corrected chi connectivity index (χ3v) is 5.81. The second kappa shape index (κ2) is 8.30. The van der Waals surface area contributed by atoms with Gasteiger partial charge in [-0.2, -0.15) is 0 Å². The number of hydrogen-bond donors (Lipinski definition) is 0. The van der Waals surface area contributed by atoms with Crippen molar-refractivity contribution >= 4 is 33.2 Å². The van der Waals surface area contributed by atoms with Crippen LogP contribution in [0.15, 0.2) is 15.9 Å². The highest BCUT2D eigenvalue weighted by molar-refractivity contribution is 9.10. The van der Waals surface area contributed by atoms with Crippen LogP contribution in [0.3, 0.4) is 0 Å². The van der Waals surface area contributed by atoms with E-state index in [0.29, 0.717) is 12.6 Å². The van der Waals surface area contributed by atoms with E-state index in [1.807, 2.05) is 7.05 Å². The maximum atomic E-state index is 12.6. The summed E-state index contributed by atoms with van der Waals surface area (Å²) < 4.78 is 1.12. The minimum atomic E-state index is 0.280. The van der Waals surface area contributed by atoms with Crippen LogP contribution >= 0.6 is 27.3 Å². The number of halogens is 1. The van der Waals surface area contributed by atoms with Crippen molar-refractivity contribution in [1.29, 1.82) is 0 Å². The highest BCUT2D eigenvalue weighted by Crippen LogP contribution is 2.23. The van der Waals surface area contributed by atoms with Gasteiger partial charge in [0, 0.05) is 33.9 Å². The Hall–Kier alpha value is -0.390. The molecule has 118 valence electrons. The van der Waals surface area contributed by atoms with Crippen molar-refractivity contribution in [2.45, 2.75) is 51.6 Å². The fourth-order valence-electron chi connectivity index (χ4n) is 3.11. The molecular formula is C16H25BrN2OS. The summed E-state index contributed by atoms with van der Waals surface area (Å²) in [4.78, 5) is 18.1. The van der Waals surface area contributed by atoms with E-state index in [0.717, 1.165) is 17.6 Å². The SMILES string of the molecule is CCN(C(=O)CN(C)Cc1cc(Br)cs1)C1CCCCC1. The van der Waals surface area contributed by atoms with Gasteiger partial charge in [0.05, 0.1) is 6.54 Å². The van der Waals surface area contributed by atoms with Gasteiger partial charge in [0.25, 0.3) is 0 Å². The van der Waals surface area contributed by atoms with Gasteiger partial charge in [-0.25, -0.2) is 0 Å².